The van der Waals surface area contributed by atoms with Gasteiger partial charge >= 0.3 is 0 Å². The van der Waals surface area contributed by atoms with Gasteiger partial charge < -0.3 is 4.79 Å². The predicted octanol–water partition coefficient (Wildman–Crippen LogP) is 4.11. The van der Waals surface area contributed by atoms with Crippen LogP contribution in [-0.4, -0.2) is 5.78 Å². The molecule has 1 aromatic rings. The quantitative estimate of drug-likeness (QED) is 0.702. The zero-order valence-electron chi connectivity index (χ0n) is 10.6. The molecule has 0 saturated heterocycles. The number of Topliss-reactive ketones (excluding diaryl/α,β-unsaturated/α-hetero) is 1. The van der Waals surface area contributed by atoms with Gasteiger partial charge in [-0.15, -0.1) is 0 Å². The van der Waals surface area contributed by atoms with Crippen LogP contribution in [0.5, 0.6) is 0 Å². The number of ketones is 1. The minimum absolute atomic E-state index is 0.287. The van der Waals surface area contributed by atoms with Crippen molar-refractivity contribution in [1.29, 1.82) is 0 Å². The maximum atomic E-state index is 10.9. The molecule has 0 aliphatic rings. The minimum Gasteiger partial charge on any atom is -0.300 e. The Morgan fingerprint density at radius 3 is 2.38 bits per heavy atom. The van der Waals surface area contributed by atoms with E-state index in [9.17, 15) is 4.79 Å². The lowest BCUT2D eigenvalue weighted by molar-refractivity contribution is -0.117. The van der Waals surface area contributed by atoms with E-state index in [4.69, 9.17) is 0 Å². The number of benzene rings is 1. The molecular weight excluding hydrogens is 196 g/mol. The SMILES string of the molecule is CCCc1ccc(C(C)CCC(C)=O)cc1. The summed E-state index contributed by atoms with van der Waals surface area (Å²) < 4.78 is 0. The van der Waals surface area contributed by atoms with Crippen LogP contribution >= 0.6 is 0 Å². The monoisotopic (exact) mass is 218 g/mol. The lowest BCUT2D eigenvalue weighted by atomic mass is 9.94. The Balaban J connectivity index is 2.55. The van der Waals surface area contributed by atoms with E-state index in [2.05, 4.69) is 38.1 Å². The molecule has 1 unspecified atom stereocenters. The predicted molar refractivity (Wildman–Crippen MR) is 68.8 cm³/mol. The highest BCUT2D eigenvalue weighted by Gasteiger charge is 2.06. The van der Waals surface area contributed by atoms with Crippen molar-refractivity contribution in [2.24, 2.45) is 0 Å². The first-order valence-electron chi connectivity index (χ1n) is 6.21. The van der Waals surface area contributed by atoms with Crippen LogP contribution in [0.3, 0.4) is 0 Å². The Labute approximate surface area is 98.9 Å². The molecule has 0 bridgehead atoms. The first kappa shape index (κ1) is 13.0. The van der Waals surface area contributed by atoms with Gasteiger partial charge in [-0.1, -0.05) is 44.5 Å². The summed E-state index contributed by atoms with van der Waals surface area (Å²) in [4.78, 5) is 10.9. The molecular formula is C15H22O. The Hall–Kier alpha value is -1.11. The van der Waals surface area contributed by atoms with Crippen molar-refractivity contribution in [1.82, 2.24) is 0 Å². The maximum absolute atomic E-state index is 10.9. The smallest absolute Gasteiger partial charge is 0.129 e. The van der Waals surface area contributed by atoms with Gasteiger partial charge in [0.05, 0.1) is 0 Å². The van der Waals surface area contributed by atoms with Crippen LogP contribution < -0.4 is 0 Å². The van der Waals surface area contributed by atoms with Crippen molar-refractivity contribution >= 4 is 5.78 Å². The van der Waals surface area contributed by atoms with Gasteiger partial charge in [0.2, 0.25) is 0 Å². The summed E-state index contributed by atoms with van der Waals surface area (Å²) >= 11 is 0. The van der Waals surface area contributed by atoms with E-state index in [1.165, 1.54) is 17.5 Å². The van der Waals surface area contributed by atoms with Crippen molar-refractivity contribution in [2.45, 2.75) is 52.4 Å². The molecule has 1 atom stereocenters. The first-order chi connectivity index (χ1) is 7.63. The van der Waals surface area contributed by atoms with Gasteiger partial charge in [0.25, 0.3) is 0 Å². The Bertz CT molecular complexity index is 324. The number of carbonyl (C=O) groups excluding carboxylic acids is 1. The molecule has 1 aromatic carbocycles. The summed E-state index contributed by atoms with van der Waals surface area (Å²) in [5, 5.41) is 0. The fourth-order valence-corrected chi connectivity index (χ4v) is 1.89. The first-order valence-corrected chi connectivity index (χ1v) is 6.21. The molecule has 16 heavy (non-hydrogen) atoms. The maximum Gasteiger partial charge on any atom is 0.129 e. The van der Waals surface area contributed by atoms with Gasteiger partial charge in [-0.05, 0) is 36.8 Å². The second-order valence-corrected chi connectivity index (χ2v) is 4.63. The Kier molecular flexibility index (Phi) is 5.24. The molecule has 0 amide bonds. The van der Waals surface area contributed by atoms with Crippen LogP contribution in [0.1, 0.15) is 57.1 Å². The number of carbonyl (C=O) groups is 1. The zero-order valence-corrected chi connectivity index (χ0v) is 10.6. The highest BCUT2D eigenvalue weighted by molar-refractivity contribution is 5.75. The van der Waals surface area contributed by atoms with Gasteiger partial charge in [0.1, 0.15) is 5.78 Å². The molecule has 0 saturated carbocycles. The Morgan fingerprint density at radius 1 is 1.25 bits per heavy atom. The molecule has 0 heterocycles. The molecule has 0 aromatic heterocycles. The Morgan fingerprint density at radius 2 is 1.88 bits per heavy atom. The van der Waals surface area contributed by atoms with Crippen LogP contribution in [0.15, 0.2) is 24.3 Å². The van der Waals surface area contributed by atoms with Gasteiger partial charge in [0, 0.05) is 6.42 Å². The van der Waals surface area contributed by atoms with Crippen LogP contribution in [-0.2, 0) is 11.2 Å². The average molecular weight is 218 g/mol. The summed E-state index contributed by atoms with van der Waals surface area (Å²) in [5.74, 6) is 0.772. The topological polar surface area (TPSA) is 17.1 Å². The minimum atomic E-state index is 0.287. The third kappa shape index (κ3) is 4.18. The third-order valence-electron chi connectivity index (χ3n) is 3.02. The van der Waals surface area contributed by atoms with Crippen molar-refractivity contribution in [3.63, 3.8) is 0 Å². The van der Waals surface area contributed by atoms with Gasteiger partial charge in [-0.25, -0.2) is 0 Å². The molecule has 0 spiro atoms. The normalized spacial score (nSPS) is 12.4. The highest BCUT2D eigenvalue weighted by atomic mass is 16.1. The van der Waals surface area contributed by atoms with E-state index in [0.29, 0.717) is 12.3 Å². The van der Waals surface area contributed by atoms with Crippen LogP contribution in [0, 0.1) is 0 Å². The molecule has 0 N–H and O–H groups in total. The van der Waals surface area contributed by atoms with Crippen molar-refractivity contribution in [2.75, 3.05) is 0 Å². The molecule has 1 heteroatoms. The number of rotatable bonds is 6. The molecule has 1 rings (SSSR count). The molecule has 0 radical (unpaired) electrons. The zero-order chi connectivity index (χ0) is 12.0. The lowest BCUT2D eigenvalue weighted by Gasteiger charge is -2.11. The largest absolute Gasteiger partial charge is 0.300 e. The van der Waals surface area contributed by atoms with E-state index in [1.54, 1.807) is 6.92 Å². The van der Waals surface area contributed by atoms with Gasteiger partial charge in [0.15, 0.2) is 0 Å². The van der Waals surface area contributed by atoms with E-state index in [-0.39, 0.29) is 5.78 Å². The van der Waals surface area contributed by atoms with Crippen LogP contribution in [0.25, 0.3) is 0 Å². The van der Waals surface area contributed by atoms with E-state index in [0.717, 1.165) is 12.8 Å². The fraction of sp³-hybridized carbons (Fsp3) is 0.533. The number of aryl methyl sites for hydroxylation is 1. The van der Waals surface area contributed by atoms with Crippen molar-refractivity contribution < 1.29 is 4.79 Å². The fourth-order valence-electron chi connectivity index (χ4n) is 1.89. The number of hydrogen-bond acceptors (Lipinski definition) is 1. The van der Waals surface area contributed by atoms with E-state index >= 15 is 0 Å². The standard InChI is InChI=1S/C15H22O/c1-4-5-14-8-10-15(11-9-14)12(2)6-7-13(3)16/h8-12H,4-7H2,1-3H3. The van der Waals surface area contributed by atoms with Crippen molar-refractivity contribution in [3.05, 3.63) is 35.4 Å². The average Bonchev–Trinajstić information content (AvgIpc) is 2.27. The van der Waals surface area contributed by atoms with E-state index < -0.39 is 0 Å². The summed E-state index contributed by atoms with van der Waals surface area (Å²) in [6, 6.07) is 8.83. The highest BCUT2D eigenvalue weighted by Crippen LogP contribution is 2.21. The van der Waals surface area contributed by atoms with E-state index in [1.807, 2.05) is 0 Å². The van der Waals surface area contributed by atoms with Gasteiger partial charge in [-0.2, -0.15) is 0 Å². The van der Waals surface area contributed by atoms with Gasteiger partial charge in [-0.3, -0.25) is 0 Å². The van der Waals surface area contributed by atoms with Crippen LogP contribution in [0.4, 0.5) is 0 Å². The summed E-state index contributed by atoms with van der Waals surface area (Å²) in [6.07, 6.45) is 4.00. The second kappa shape index (κ2) is 6.47. The summed E-state index contributed by atoms with van der Waals surface area (Å²) in [6.45, 7) is 6.05. The molecule has 0 aliphatic carbocycles. The lowest BCUT2D eigenvalue weighted by Crippen LogP contribution is -1.98. The summed E-state index contributed by atoms with van der Waals surface area (Å²) in [7, 11) is 0. The van der Waals surface area contributed by atoms with Crippen LogP contribution in [0.2, 0.25) is 0 Å². The third-order valence-corrected chi connectivity index (χ3v) is 3.02. The number of hydrogen-bond donors (Lipinski definition) is 0. The molecule has 88 valence electrons. The van der Waals surface area contributed by atoms with Crippen molar-refractivity contribution in [3.8, 4) is 0 Å². The summed E-state index contributed by atoms with van der Waals surface area (Å²) in [5.41, 5.74) is 2.76. The second-order valence-electron chi connectivity index (χ2n) is 4.63. The molecule has 1 nitrogen and oxygen atoms in total. The molecule has 0 aliphatic heterocycles. The molecule has 0 fully saturated rings.